The molecule has 0 amide bonds. The molecule has 0 saturated carbocycles. The first-order valence-corrected chi connectivity index (χ1v) is 9.04. The summed E-state index contributed by atoms with van der Waals surface area (Å²) in [4.78, 5) is 4.61. The number of para-hydroxylation sites is 1. The number of aryl methyl sites for hydroxylation is 1. The van der Waals surface area contributed by atoms with Gasteiger partial charge < -0.3 is 4.57 Å². The van der Waals surface area contributed by atoms with Crippen LogP contribution in [0.2, 0.25) is 0 Å². The van der Waals surface area contributed by atoms with Crippen LogP contribution < -0.4 is 0 Å². The van der Waals surface area contributed by atoms with Gasteiger partial charge in [-0.1, -0.05) is 48.2 Å². The Balaban J connectivity index is 1.62. The lowest BCUT2D eigenvalue weighted by Crippen LogP contribution is -1.99. The minimum absolute atomic E-state index is 0.226. The monoisotopic (exact) mass is 364 g/mol. The van der Waals surface area contributed by atoms with E-state index in [0.29, 0.717) is 22.3 Å². The van der Waals surface area contributed by atoms with E-state index in [1.807, 2.05) is 41.9 Å². The summed E-state index contributed by atoms with van der Waals surface area (Å²) in [6, 6.07) is 14.7. The van der Waals surface area contributed by atoms with Gasteiger partial charge in [0.2, 0.25) is 5.16 Å². The first kappa shape index (κ1) is 15.3. The minimum atomic E-state index is -0.226. The molecule has 0 aliphatic rings. The van der Waals surface area contributed by atoms with Gasteiger partial charge in [0.1, 0.15) is 11.3 Å². The second kappa shape index (κ2) is 5.77. The molecule has 3 heterocycles. The minimum Gasteiger partial charge on any atom is -0.327 e. The summed E-state index contributed by atoms with van der Waals surface area (Å²) in [5.74, 6) is 0.652. The maximum absolute atomic E-state index is 13.8. The zero-order valence-corrected chi connectivity index (χ0v) is 14.6. The quantitative estimate of drug-likeness (QED) is 0.458. The van der Waals surface area contributed by atoms with E-state index < -0.39 is 0 Å². The Kier molecular flexibility index (Phi) is 3.39. The molecule has 0 spiro atoms. The highest BCUT2D eigenvalue weighted by Crippen LogP contribution is 2.27. The van der Waals surface area contributed by atoms with Crippen molar-refractivity contribution in [2.24, 2.45) is 7.05 Å². The molecule has 8 heteroatoms. The maximum atomic E-state index is 13.8. The molecule has 128 valence electrons. The van der Waals surface area contributed by atoms with Crippen molar-refractivity contribution in [1.29, 1.82) is 0 Å². The molecule has 0 atom stereocenters. The van der Waals surface area contributed by atoms with Gasteiger partial charge in [0.15, 0.2) is 5.65 Å². The number of thioether (sulfide) groups is 1. The first-order chi connectivity index (χ1) is 12.7. The van der Waals surface area contributed by atoms with Gasteiger partial charge in [-0.25, -0.2) is 4.39 Å². The molecule has 5 aromatic rings. The van der Waals surface area contributed by atoms with Crippen LogP contribution >= 0.6 is 11.8 Å². The Labute approximate surface area is 151 Å². The highest BCUT2D eigenvalue weighted by Gasteiger charge is 2.16. The SMILES string of the molecule is Cn1c2ccccc2c2nn3c(SCc4ccccc4F)nnc3nc21. The molecule has 26 heavy (non-hydrogen) atoms. The summed E-state index contributed by atoms with van der Waals surface area (Å²) >= 11 is 1.38. The van der Waals surface area contributed by atoms with E-state index in [2.05, 4.69) is 15.2 Å². The average Bonchev–Trinajstić information content (AvgIpc) is 3.19. The van der Waals surface area contributed by atoms with Gasteiger partial charge >= 0.3 is 0 Å². The second-order valence-electron chi connectivity index (χ2n) is 5.93. The Bertz CT molecular complexity index is 1280. The summed E-state index contributed by atoms with van der Waals surface area (Å²) in [5.41, 5.74) is 3.23. The van der Waals surface area contributed by atoms with Crippen molar-refractivity contribution in [1.82, 2.24) is 29.4 Å². The highest BCUT2D eigenvalue weighted by atomic mass is 32.2. The van der Waals surface area contributed by atoms with E-state index in [4.69, 9.17) is 5.10 Å². The molecule has 0 fully saturated rings. The molecular formula is C18H13FN6S. The molecular weight excluding hydrogens is 351 g/mol. The van der Waals surface area contributed by atoms with Gasteiger partial charge in [0.25, 0.3) is 5.78 Å². The third-order valence-corrected chi connectivity index (χ3v) is 5.33. The number of nitrogens with zero attached hydrogens (tertiary/aromatic N) is 6. The van der Waals surface area contributed by atoms with Crippen LogP contribution in [-0.2, 0) is 12.8 Å². The van der Waals surface area contributed by atoms with Crippen molar-refractivity contribution >= 4 is 39.6 Å². The number of rotatable bonds is 3. The average molecular weight is 364 g/mol. The summed E-state index contributed by atoms with van der Waals surface area (Å²) in [6.45, 7) is 0. The standard InChI is InChI=1S/C18H13FN6S/c1-24-14-9-5-3-7-12(14)15-16(24)20-17-21-22-18(25(17)23-15)26-10-11-6-2-4-8-13(11)19/h2-9H,10H2,1H3. The van der Waals surface area contributed by atoms with Gasteiger partial charge in [-0.2, -0.15) is 14.6 Å². The van der Waals surface area contributed by atoms with Gasteiger partial charge in [0, 0.05) is 18.2 Å². The topological polar surface area (TPSA) is 60.9 Å². The van der Waals surface area contributed by atoms with Gasteiger partial charge in [-0.05, 0) is 17.7 Å². The third-order valence-electron chi connectivity index (χ3n) is 4.37. The fourth-order valence-electron chi connectivity index (χ4n) is 3.04. The lowest BCUT2D eigenvalue weighted by atomic mass is 10.2. The largest absolute Gasteiger partial charge is 0.327 e. The molecule has 2 aromatic carbocycles. The van der Waals surface area contributed by atoms with Gasteiger partial charge in [0.05, 0.1) is 5.52 Å². The van der Waals surface area contributed by atoms with Gasteiger partial charge in [-0.15, -0.1) is 10.2 Å². The summed E-state index contributed by atoms with van der Waals surface area (Å²) in [5, 5.41) is 14.6. The lowest BCUT2D eigenvalue weighted by molar-refractivity contribution is 0.617. The van der Waals surface area contributed by atoms with Crippen LogP contribution in [0.5, 0.6) is 0 Å². The van der Waals surface area contributed by atoms with Crippen molar-refractivity contribution in [3.05, 3.63) is 59.9 Å². The van der Waals surface area contributed by atoms with Crippen LogP contribution in [0.3, 0.4) is 0 Å². The van der Waals surface area contributed by atoms with E-state index in [9.17, 15) is 4.39 Å². The number of aromatic nitrogens is 6. The number of hydrogen-bond donors (Lipinski definition) is 0. The van der Waals surface area contributed by atoms with Crippen LogP contribution in [0.4, 0.5) is 4.39 Å². The molecule has 3 aromatic heterocycles. The van der Waals surface area contributed by atoms with Crippen LogP contribution in [0.25, 0.3) is 27.8 Å². The third kappa shape index (κ3) is 2.26. The van der Waals surface area contributed by atoms with E-state index in [-0.39, 0.29) is 5.82 Å². The number of fused-ring (bicyclic) bond motifs is 4. The molecule has 0 saturated heterocycles. The summed E-state index contributed by atoms with van der Waals surface area (Å²) < 4.78 is 17.5. The molecule has 0 bridgehead atoms. The van der Waals surface area contributed by atoms with Crippen molar-refractivity contribution in [3.63, 3.8) is 0 Å². The predicted octanol–water partition coefficient (Wildman–Crippen LogP) is 3.60. The molecule has 0 radical (unpaired) electrons. The van der Waals surface area contributed by atoms with E-state index >= 15 is 0 Å². The number of benzene rings is 2. The zero-order chi connectivity index (χ0) is 17.7. The fourth-order valence-corrected chi connectivity index (χ4v) is 3.91. The Morgan fingerprint density at radius 2 is 1.85 bits per heavy atom. The van der Waals surface area contributed by atoms with E-state index in [1.165, 1.54) is 17.8 Å². The van der Waals surface area contributed by atoms with Crippen molar-refractivity contribution in [2.75, 3.05) is 0 Å². The highest BCUT2D eigenvalue weighted by molar-refractivity contribution is 7.98. The van der Waals surface area contributed by atoms with Crippen LogP contribution in [0, 0.1) is 5.82 Å². The van der Waals surface area contributed by atoms with Crippen LogP contribution in [0.1, 0.15) is 5.56 Å². The Morgan fingerprint density at radius 3 is 2.73 bits per heavy atom. The van der Waals surface area contributed by atoms with Crippen LogP contribution in [0.15, 0.2) is 53.7 Å². The van der Waals surface area contributed by atoms with E-state index in [1.54, 1.807) is 16.6 Å². The summed E-state index contributed by atoms with van der Waals surface area (Å²) in [7, 11) is 1.96. The zero-order valence-electron chi connectivity index (χ0n) is 13.8. The number of halogens is 1. The predicted molar refractivity (Wildman–Crippen MR) is 98.5 cm³/mol. The number of hydrogen-bond acceptors (Lipinski definition) is 5. The summed E-state index contributed by atoms with van der Waals surface area (Å²) in [6.07, 6.45) is 0. The van der Waals surface area contributed by atoms with E-state index in [0.717, 1.165) is 22.1 Å². The van der Waals surface area contributed by atoms with Crippen molar-refractivity contribution < 1.29 is 4.39 Å². The normalized spacial score (nSPS) is 11.8. The van der Waals surface area contributed by atoms with Crippen molar-refractivity contribution in [2.45, 2.75) is 10.9 Å². The maximum Gasteiger partial charge on any atom is 0.274 e. The second-order valence-corrected chi connectivity index (χ2v) is 6.88. The van der Waals surface area contributed by atoms with Crippen LogP contribution in [-0.4, -0.2) is 29.4 Å². The lowest BCUT2D eigenvalue weighted by Gasteiger charge is -2.02. The Hall–Kier alpha value is -3.00. The molecule has 5 rings (SSSR count). The molecule has 0 N–H and O–H groups in total. The molecule has 6 nitrogen and oxygen atoms in total. The smallest absolute Gasteiger partial charge is 0.274 e. The molecule has 0 unspecified atom stereocenters. The Morgan fingerprint density at radius 1 is 1.04 bits per heavy atom. The van der Waals surface area contributed by atoms with Crippen molar-refractivity contribution in [3.8, 4) is 0 Å². The first-order valence-electron chi connectivity index (χ1n) is 8.05. The molecule has 0 aliphatic heterocycles. The fraction of sp³-hybridized carbons (Fsp3) is 0.111. The van der Waals surface area contributed by atoms with Gasteiger partial charge in [-0.3, -0.25) is 0 Å². The molecule has 0 aliphatic carbocycles.